The molecule has 16 heavy (non-hydrogen) atoms. The summed E-state index contributed by atoms with van der Waals surface area (Å²) in [5, 5.41) is 0. The normalized spacial score (nSPS) is 17.2. The first kappa shape index (κ1) is 11.2. The molecule has 1 fully saturated rings. The lowest BCUT2D eigenvalue weighted by Gasteiger charge is -2.18. The van der Waals surface area contributed by atoms with Gasteiger partial charge in [0.15, 0.2) is 5.76 Å². The molecule has 2 heterocycles. The Hall–Kier alpha value is -1.25. The predicted octanol–water partition coefficient (Wildman–Crippen LogP) is 2.86. The van der Waals surface area contributed by atoms with Gasteiger partial charge in [-0.3, -0.25) is 4.79 Å². The van der Waals surface area contributed by atoms with Crippen LogP contribution in [-0.4, -0.2) is 23.9 Å². The van der Waals surface area contributed by atoms with Crippen molar-refractivity contribution in [3.05, 3.63) is 23.7 Å². The van der Waals surface area contributed by atoms with Crippen molar-refractivity contribution in [2.75, 3.05) is 13.1 Å². The third kappa shape index (κ3) is 2.46. The summed E-state index contributed by atoms with van der Waals surface area (Å²) in [5.74, 6) is 1.44. The van der Waals surface area contributed by atoms with E-state index in [1.54, 1.807) is 6.07 Å². The molecule has 2 rings (SSSR count). The van der Waals surface area contributed by atoms with Crippen LogP contribution in [0.15, 0.2) is 16.5 Å². The molecule has 0 atom stereocenters. The first-order valence-corrected chi connectivity index (χ1v) is 6.19. The monoisotopic (exact) mass is 221 g/mol. The van der Waals surface area contributed by atoms with Crippen molar-refractivity contribution in [2.45, 2.75) is 39.0 Å². The fourth-order valence-corrected chi connectivity index (χ4v) is 2.11. The van der Waals surface area contributed by atoms with E-state index >= 15 is 0 Å². The van der Waals surface area contributed by atoms with Crippen molar-refractivity contribution in [1.29, 1.82) is 0 Å². The number of likely N-dealkylation sites (tertiary alicyclic amines) is 1. The smallest absolute Gasteiger partial charge is 0.289 e. The molecule has 0 spiro atoms. The van der Waals surface area contributed by atoms with Crippen molar-refractivity contribution in [3.8, 4) is 0 Å². The average molecular weight is 221 g/mol. The van der Waals surface area contributed by atoms with Crippen molar-refractivity contribution >= 4 is 5.91 Å². The van der Waals surface area contributed by atoms with Gasteiger partial charge in [-0.15, -0.1) is 0 Å². The fourth-order valence-electron chi connectivity index (χ4n) is 2.11. The summed E-state index contributed by atoms with van der Waals surface area (Å²) in [5.41, 5.74) is 0. The number of hydrogen-bond donors (Lipinski definition) is 0. The number of furan rings is 1. The summed E-state index contributed by atoms with van der Waals surface area (Å²) in [6, 6.07) is 3.69. The minimum atomic E-state index is 0.0570. The quantitative estimate of drug-likeness (QED) is 0.769. The van der Waals surface area contributed by atoms with Gasteiger partial charge in [-0.2, -0.15) is 0 Å². The second-order valence-corrected chi connectivity index (χ2v) is 4.33. The van der Waals surface area contributed by atoms with Gasteiger partial charge in [0.05, 0.1) is 0 Å². The molecule has 0 N–H and O–H groups in total. The van der Waals surface area contributed by atoms with Crippen LogP contribution in [0.4, 0.5) is 0 Å². The molecular weight excluding hydrogens is 202 g/mol. The zero-order valence-electron chi connectivity index (χ0n) is 9.87. The first-order chi connectivity index (χ1) is 7.81. The average Bonchev–Trinajstić information content (AvgIpc) is 2.62. The van der Waals surface area contributed by atoms with E-state index in [9.17, 15) is 4.79 Å². The van der Waals surface area contributed by atoms with E-state index in [1.807, 2.05) is 17.9 Å². The molecule has 0 saturated carbocycles. The van der Waals surface area contributed by atoms with Gasteiger partial charge in [-0.25, -0.2) is 0 Å². The largest absolute Gasteiger partial charge is 0.456 e. The minimum absolute atomic E-state index is 0.0570. The molecule has 1 saturated heterocycles. The molecule has 1 aromatic rings. The second kappa shape index (κ2) is 5.19. The molecule has 0 radical (unpaired) electrons. The van der Waals surface area contributed by atoms with Gasteiger partial charge in [0.1, 0.15) is 5.76 Å². The Balaban J connectivity index is 2.05. The molecule has 1 aliphatic heterocycles. The Morgan fingerprint density at radius 1 is 1.25 bits per heavy atom. The Morgan fingerprint density at radius 3 is 2.50 bits per heavy atom. The maximum atomic E-state index is 12.1. The fraction of sp³-hybridized carbons (Fsp3) is 0.615. The molecule has 0 unspecified atom stereocenters. The number of carbonyl (C=O) groups excluding carboxylic acids is 1. The van der Waals surface area contributed by atoms with E-state index in [0.717, 1.165) is 38.1 Å². The molecule has 1 aromatic heterocycles. The highest BCUT2D eigenvalue weighted by Gasteiger charge is 2.19. The van der Waals surface area contributed by atoms with Crippen LogP contribution in [0.2, 0.25) is 0 Å². The van der Waals surface area contributed by atoms with Crippen LogP contribution in [0.25, 0.3) is 0 Å². The maximum absolute atomic E-state index is 12.1. The van der Waals surface area contributed by atoms with Gasteiger partial charge in [0, 0.05) is 19.5 Å². The summed E-state index contributed by atoms with van der Waals surface area (Å²) in [6.45, 7) is 3.78. The van der Waals surface area contributed by atoms with E-state index in [4.69, 9.17) is 4.42 Å². The maximum Gasteiger partial charge on any atom is 0.289 e. The summed E-state index contributed by atoms with van der Waals surface area (Å²) in [4.78, 5) is 14.0. The van der Waals surface area contributed by atoms with E-state index in [-0.39, 0.29) is 5.91 Å². The Kier molecular flexibility index (Phi) is 3.65. The van der Waals surface area contributed by atoms with E-state index in [1.165, 1.54) is 12.8 Å². The number of hydrogen-bond acceptors (Lipinski definition) is 2. The van der Waals surface area contributed by atoms with Crippen LogP contribution in [0.5, 0.6) is 0 Å². The van der Waals surface area contributed by atoms with Gasteiger partial charge in [0.25, 0.3) is 5.91 Å². The lowest BCUT2D eigenvalue weighted by molar-refractivity contribution is 0.0728. The van der Waals surface area contributed by atoms with Crippen LogP contribution in [0.3, 0.4) is 0 Å². The number of aryl methyl sites for hydroxylation is 1. The highest BCUT2D eigenvalue weighted by atomic mass is 16.4. The van der Waals surface area contributed by atoms with Gasteiger partial charge in [0.2, 0.25) is 0 Å². The molecule has 1 aliphatic rings. The summed E-state index contributed by atoms with van der Waals surface area (Å²) in [6.07, 6.45) is 5.55. The molecule has 1 amide bonds. The van der Waals surface area contributed by atoms with Crippen molar-refractivity contribution in [2.24, 2.45) is 0 Å². The third-order valence-corrected chi connectivity index (χ3v) is 3.11. The molecule has 88 valence electrons. The Morgan fingerprint density at radius 2 is 1.94 bits per heavy atom. The van der Waals surface area contributed by atoms with Gasteiger partial charge >= 0.3 is 0 Å². The lowest BCUT2D eigenvalue weighted by atomic mass is 10.2. The number of rotatable bonds is 2. The molecule has 0 bridgehead atoms. The van der Waals surface area contributed by atoms with E-state index in [2.05, 4.69) is 0 Å². The van der Waals surface area contributed by atoms with E-state index < -0.39 is 0 Å². The first-order valence-electron chi connectivity index (χ1n) is 6.19. The highest BCUT2D eigenvalue weighted by molar-refractivity contribution is 5.91. The van der Waals surface area contributed by atoms with E-state index in [0.29, 0.717) is 5.76 Å². The zero-order valence-corrected chi connectivity index (χ0v) is 9.87. The van der Waals surface area contributed by atoms with Crippen LogP contribution in [-0.2, 0) is 6.42 Å². The van der Waals surface area contributed by atoms with Crippen molar-refractivity contribution < 1.29 is 9.21 Å². The Labute approximate surface area is 96.4 Å². The standard InChI is InChI=1S/C13H19NO2/c1-2-11-7-8-12(16-11)13(15)14-9-5-3-4-6-10-14/h7-8H,2-6,9-10H2,1H3. The molecule has 3 nitrogen and oxygen atoms in total. The van der Waals surface area contributed by atoms with Gasteiger partial charge < -0.3 is 9.32 Å². The van der Waals surface area contributed by atoms with Gasteiger partial charge in [-0.1, -0.05) is 19.8 Å². The summed E-state index contributed by atoms with van der Waals surface area (Å²) in [7, 11) is 0. The molecule has 0 aliphatic carbocycles. The SMILES string of the molecule is CCc1ccc(C(=O)N2CCCCCC2)o1. The van der Waals surface area contributed by atoms with Crippen LogP contribution < -0.4 is 0 Å². The van der Waals surface area contributed by atoms with Crippen LogP contribution in [0, 0.1) is 0 Å². The zero-order chi connectivity index (χ0) is 11.4. The number of carbonyl (C=O) groups is 1. The Bertz CT molecular complexity index is 349. The topological polar surface area (TPSA) is 33.5 Å². The van der Waals surface area contributed by atoms with Crippen LogP contribution >= 0.6 is 0 Å². The number of nitrogens with zero attached hydrogens (tertiary/aromatic N) is 1. The van der Waals surface area contributed by atoms with Crippen molar-refractivity contribution in [1.82, 2.24) is 4.90 Å². The highest BCUT2D eigenvalue weighted by Crippen LogP contribution is 2.15. The second-order valence-electron chi connectivity index (χ2n) is 4.33. The van der Waals surface area contributed by atoms with Gasteiger partial charge in [-0.05, 0) is 25.0 Å². The number of amides is 1. The lowest BCUT2D eigenvalue weighted by Crippen LogP contribution is -2.31. The predicted molar refractivity (Wildman–Crippen MR) is 62.5 cm³/mol. The molecule has 3 heteroatoms. The summed E-state index contributed by atoms with van der Waals surface area (Å²) < 4.78 is 5.50. The van der Waals surface area contributed by atoms with Crippen LogP contribution in [0.1, 0.15) is 48.9 Å². The molecular formula is C13H19NO2. The molecule has 0 aromatic carbocycles. The summed E-state index contributed by atoms with van der Waals surface area (Å²) >= 11 is 0. The third-order valence-electron chi connectivity index (χ3n) is 3.11. The minimum Gasteiger partial charge on any atom is -0.456 e. The van der Waals surface area contributed by atoms with Crippen molar-refractivity contribution in [3.63, 3.8) is 0 Å².